The zero-order valence-corrected chi connectivity index (χ0v) is 8.53. The molecule has 0 spiro atoms. The SMILES string of the molecule is O=C1c2ccccc2Cc2cc(F)ccc21. The summed E-state index contributed by atoms with van der Waals surface area (Å²) in [6, 6.07) is 11.9. The van der Waals surface area contributed by atoms with E-state index in [1.54, 1.807) is 6.07 Å². The summed E-state index contributed by atoms with van der Waals surface area (Å²) in [5, 5.41) is 0. The minimum absolute atomic E-state index is 0.00292. The Kier molecular flexibility index (Phi) is 1.90. The molecule has 0 heterocycles. The van der Waals surface area contributed by atoms with Gasteiger partial charge in [0.2, 0.25) is 0 Å². The summed E-state index contributed by atoms with van der Waals surface area (Å²) < 4.78 is 13.1. The molecule has 1 nitrogen and oxygen atoms in total. The monoisotopic (exact) mass is 212 g/mol. The molecule has 0 atom stereocenters. The van der Waals surface area contributed by atoms with Crippen LogP contribution in [0.25, 0.3) is 0 Å². The van der Waals surface area contributed by atoms with Gasteiger partial charge in [-0.25, -0.2) is 4.39 Å². The quantitative estimate of drug-likeness (QED) is 0.560. The van der Waals surface area contributed by atoms with Gasteiger partial charge in [-0.05, 0) is 35.7 Å². The van der Waals surface area contributed by atoms with E-state index >= 15 is 0 Å². The van der Waals surface area contributed by atoms with E-state index in [4.69, 9.17) is 0 Å². The first-order chi connectivity index (χ1) is 7.75. The lowest BCUT2D eigenvalue weighted by Crippen LogP contribution is -2.14. The lowest BCUT2D eigenvalue weighted by atomic mass is 9.85. The van der Waals surface area contributed by atoms with Crippen molar-refractivity contribution in [2.24, 2.45) is 0 Å². The normalized spacial score (nSPS) is 13.2. The van der Waals surface area contributed by atoms with Crippen molar-refractivity contribution >= 4 is 5.78 Å². The predicted octanol–water partition coefficient (Wildman–Crippen LogP) is 2.96. The second kappa shape index (κ2) is 3.27. The zero-order valence-electron chi connectivity index (χ0n) is 8.53. The Morgan fingerprint density at radius 3 is 2.56 bits per heavy atom. The Balaban J connectivity index is 2.22. The van der Waals surface area contributed by atoms with Crippen LogP contribution in [0.3, 0.4) is 0 Å². The molecule has 0 saturated heterocycles. The fraction of sp³-hybridized carbons (Fsp3) is 0.0714. The fourth-order valence-corrected chi connectivity index (χ4v) is 2.18. The van der Waals surface area contributed by atoms with Gasteiger partial charge in [0, 0.05) is 11.1 Å². The predicted molar refractivity (Wildman–Crippen MR) is 59.1 cm³/mol. The summed E-state index contributed by atoms with van der Waals surface area (Å²) in [6.07, 6.45) is 0.634. The van der Waals surface area contributed by atoms with E-state index in [2.05, 4.69) is 0 Å². The van der Waals surface area contributed by atoms with Crippen LogP contribution < -0.4 is 0 Å². The van der Waals surface area contributed by atoms with E-state index < -0.39 is 0 Å². The molecule has 0 bridgehead atoms. The van der Waals surface area contributed by atoms with Gasteiger partial charge in [-0.2, -0.15) is 0 Å². The van der Waals surface area contributed by atoms with Gasteiger partial charge < -0.3 is 0 Å². The fourth-order valence-electron chi connectivity index (χ4n) is 2.18. The van der Waals surface area contributed by atoms with Gasteiger partial charge in [0.15, 0.2) is 5.78 Å². The maximum Gasteiger partial charge on any atom is 0.193 e. The topological polar surface area (TPSA) is 17.1 Å². The molecule has 2 heteroatoms. The van der Waals surface area contributed by atoms with Crippen LogP contribution in [0.4, 0.5) is 4.39 Å². The minimum Gasteiger partial charge on any atom is -0.289 e. The number of fused-ring (bicyclic) bond motifs is 2. The lowest BCUT2D eigenvalue weighted by molar-refractivity contribution is 0.103. The Labute approximate surface area is 92.5 Å². The standard InChI is InChI=1S/C14H9FO/c15-11-5-6-13-10(8-11)7-9-3-1-2-4-12(9)14(13)16/h1-6,8H,7H2. The highest BCUT2D eigenvalue weighted by Crippen LogP contribution is 2.27. The van der Waals surface area contributed by atoms with Crippen molar-refractivity contribution in [1.29, 1.82) is 0 Å². The minimum atomic E-state index is -0.286. The summed E-state index contributed by atoms with van der Waals surface area (Å²) in [5.41, 5.74) is 3.12. The number of halogens is 1. The lowest BCUT2D eigenvalue weighted by Gasteiger charge is -2.17. The van der Waals surface area contributed by atoms with Crippen LogP contribution in [0.15, 0.2) is 42.5 Å². The number of hydrogen-bond acceptors (Lipinski definition) is 1. The maximum atomic E-state index is 13.1. The van der Waals surface area contributed by atoms with Crippen molar-refractivity contribution in [1.82, 2.24) is 0 Å². The number of carbonyl (C=O) groups excluding carboxylic acids is 1. The van der Waals surface area contributed by atoms with Crippen molar-refractivity contribution in [3.63, 3.8) is 0 Å². The van der Waals surface area contributed by atoms with Crippen LogP contribution in [0.2, 0.25) is 0 Å². The molecule has 0 fully saturated rings. The van der Waals surface area contributed by atoms with Crippen LogP contribution in [0, 0.1) is 5.82 Å². The third kappa shape index (κ3) is 1.27. The molecular weight excluding hydrogens is 203 g/mol. The molecule has 3 rings (SSSR count). The highest BCUT2D eigenvalue weighted by atomic mass is 19.1. The molecule has 2 aromatic rings. The molecule has 1 aliphatic carbocycles. The summed E-state index contributed by atoms with van der Waals surface area (Å²) >= 11 is 0. The van der Waals surface area contributed by atoms with Crippen molar-refractivity contribution in [2.75, 3.05) is 0 Å². The maximum absolute atomic E-state index is 13.1. The number of ketones is 1. The van der Waals surface area contributed by atoms with Crippen molar-refractivity contribution in [3.05, 3.63) is 70.5 Å². The highest BCUT2D eigenvalue weighted by molar-refractivity contribution is 6.12. The molecule has 0 unspecified atom stereocenters. The third-order valence-corrected chi connectivity index (χ3v) is 2.95. The first kappa shape index (κ1) is 9.28. The third-order valence-electron chi connectivity index (χ3n) is 2.95. The smallest absolute Gasteiger partial charge is 0.193 e. The molecule has 2 aromatic carbocycles. The summed E-state index contributed by atoms with van der Waals surface area (Å²) in [5.74, 6) is -0.289. The molecular formula is C14H9FO. The first-order valence-corrected chi connectivity index (χ1v) is 5.17. The average molecular weight is 212 g/mol. The number of hydrogen-bond donors (Lipinski definition) is 0. The number of carbonyl (C=O) groups is 1. The van der Waals surface area contributed by atoms with Crippen LogP contribution >= 0.6 is 0 Å². The van der Waals surface area contributed by atoms with E-state index in [1.807, 2.05) is 24.3 Å². The van der Waals surface area contributed by atoms with Gasteiger partial charge in [0.05, 0.1) is 0 Å². The molecule has 0 amide bonds. The van der Waals surface area contributed by atoms with E-state index in [9.17, 15) is 9.18 Å². The second-order valence-electron chi connectivity index (χ2n) is 3.96. The molecule has 16 heavy (non-hydrogen) atoms. The van der Waals surface area contributed by atoms with Crippen molar-refractivity contribution < 1.29 is 9.18 Å². The van der Waals surface area contributed by atoms with Crippen LogP contribution in [-0.2, 0) is 6.42 Å². The van der Waals surface area contributed by atoms with E-state index in [1.165, 1.54) is 12.1 Å². The van der Waals surface area contributed by atoms with Gasteiger partial charge in [-0.1, -0.05) is 24.3 Å². The van der Waals surface area contributed by atoms with Gasteiger partial charge >= 0.3 is 0 Å². The van der Waals surface area contributed by atoms with Gasteiger partial charge in [0.1, 0.15) is 5.82 Å². The molecule has 0 aromatic heterocycles. The van der Waals surface area contributed by atoms with Gasteiger partial charge in [-0.15, -0.1) is 0 Å². The molecule has 1 aliphatic rings. The van der Waals surface area contributed by atoms with Gasteiger partial charge in [-0.3, -0.25) is 4.79 Å². The molecule has 0 saturated carbocycles. The Morgan fingerprint density at radius 1 is 0.938 bits per heavy atom. The van der Waals surface area contributed by atoms with E-state index in [-0.39, 0.29) is 11.6 Å². The summed E-state index contributed by atoms with van der Waals surface area (Å²) in [4.78, 5) is 12.1. The summed E-state index contributed by atoms with van der Waals surface area (Å²) in [7, 11) is 0. The van der Waals surface area contributed by atoms with Crippen molar-refractivity contribution in [2.45, 2.75) is 6.42 Å². The molecule has 0 N–H and O–H groups in total. The first-order valence-electron chi connectivity index (χ1n) is 5.17. The van der Waals surface area contributed by atoms with Crippen LogP contribution in [0.5, 0.6) is 0 Å². The highest BCUT2D eigenvalue weighted by Gasteiger charge is 2.22. The molecule has 78 valence electrons. The Morgan fingerprint density at radius 2 is 1.69 bits per heavy atom. The van der Waals surface area contributed by atoms with E-state index in [0.717, 1.165) is 16.7 Å². The average Bonchev–Trinajstić information content (AvgIpc) is 2.29. The summed E-state index contributed by atoms with van der Waals surface area (Å²) in [6.45, 7) is 0. The van der Waals surface area contributed by atoms with Crippen LogP contribution in [-0.4, -0.2) is 5.78 Å². The zero-order chi connectivity index (χ0) is 11.1. The Bertz CT molecular complexity index is 587. The van der Waals surface area contributed by atoms with E-state index in [0.29, 0.717) is 12.0 Å². The Hall–Kier alpha value is -1.96. The number of rotatable bonds is 0. The van der Waals surface area contributed by atoms with Gasteiger partial charge in [0.25, 0.3) is 0 Å². The number of benzene rings is 2. The van der Waals surface area contributed by atoms with Crippen LogP contribution in [0.1, 0.15) is 27.0 Å². The largest absolute Gasteiger partial charge is 0.289 e. The van der Waals surface area contributed by atoms with Crippen molar-refractivity contribution in [3.8, 4) is 0 Å². The molecule has 0 aliphatic heterocycles. The molecule has 0 radical (unpaired) electrons. The second-order valence-corrected chi connectivity index (χ2v) is 3.96.